The fourth-order valence-electron chi connectivity index (χ4n) is 1.90. The van der Waals surface area contributed by atoms with Crippen LogP contribution in [0.3, 0.4) is 0 Å². The van der Waals surface area contributed by atoms with Gasteiger partial charge in [0.1, 0.15) is 0 Å². The van der Waals surface area contributed by atoms with Gasteiger partial charge in [0.15, 0.2) is 0 Å². The minimum absolute atomic E-state index is 0.0230. The monoisotopic (exact) mass is 279 g/mol. The number of rotatable bonds is 9. The molecule has 0 aliphatic carbocycles. The Morgan fingerprint density at radius 3 is 2.70 bits per heavy atom. The smallest absolute Gasteiger partial charge is 0.225 e. The highest BCUT2D eigenvalue weighted by molar-refractivity contribution is 5.93. The molecule has 0 aliphatic heterocycles. The molecule has 0 unspecified atom stereocenters. The number of unbranched alkanes of at least 4 members (excludes halogenated alkanes) is 2. The largest absolute Gasteiger partial charge is 0.397 e. The Hall–Kier alpha value is -1.59. The van der Waals surface area contributed by atoms with Gasteiger partial charge in [0.25, 0.3) is 0 Å². The summed E-state index contributed by atoms with van der Waals surface area (Å²) in [6.07, 6.45) is 3.37. The third-order valence-electron chi connectivity index (χ3n) is 3.15. The summed E-state index contributed by atoms with van der Waals surface area (Å²) in [5, 5.41) is 11.5. The van der Waals surface area contributed by atoms with E-state index >= 15 is 0 Å². The normalized spacial score (nSPS) is 10.8. The number of hydrogen-bond donors (Lipinski definition) is 3. The zero-order valence-electron chi connectivity index (χ0n) is 12.1. The van der Waals surface area contributed by atoms with E-state index in [1.807, 2.05) is 19.2 Å². The predicted molar refractivity (Wildman–Crippen MR) is 82.5 cm³/mol. The molecule has 0 atom stereocenters. The van der Waals surface area contributed by atoms with Crippen LogP contribution < -0.4 is 11.1 Å². The molecule has 5 nitrogen and oxygen atoms in total. The van der Waals surface area contributed by atoms with Gasteiger partial charge in [-0.1, -0.05) is 12.1 Å². The third-order valence-corrected chi connectivity index (χ3v) is 3.15. The van der Waals surface area contributed by atoms with Gasteiger partial charge in [0.2, 0.25) is 5.91 Å². The average molecular weight is 279 g/mol. The second-order valence-electron chi connectivity index (χ2n) is 4.97. The molecular formula is C15H25N3O2. The Labute approximate surface area is 120 Å². The number of nitrogen functional groups attached to an aromatic ring is 1. The maximum Gasteiger partial charge on any atom is 0.225 e. The van der Waals surface area contributed by atoms with Gasteiger partial charge >= 0.3 is 0 Å². The number of amides is 1. The van der Waals surface area contributed by atoms with Gasteiger partial charge in [0.05, 0.1) is 11.4 Å². The number of nitrogens with one attached hydrogen (secondary N) is 1. The van der Waals surface area contributed by atoms with Gasteiger partial charge in [-0.05, 0) is 45.0 Å². The number of nitrogens with zero attached hydrogens (tertiary/aromatic N) is 1. The molecule has 1 aromatic carbocycles. The van der Waals surface area contributed by atoms with Gasteiger partial charge < -0.3 is 21.1 Å². The van der Waals surface area contributed by atoms with Gasteiger partial charge in [0, 0.05) is 19.6 Å². The molecule has 5 heteroatoms. The van der Waals surface area contributed by atoms with Crippen LogP contribution in [0.15, 0.2) is 24.3 Å². The van der Waals surface area contributed by atoms with Crippen molar-refractivity contribution in [3.05, 3.63) is 24.3 Å². The number of hydrogen-bond acceptors (Lipinski definition) is 4. The lowest BCUT2D eigenvalue weighted by Gasteiger charge is -2.16. The Morgan fingerprint density at radius 2 is 2.00 bits per heavy atom. The first kappa shape index (κ1) is 16.5. The van der Waals surface area contributed by atoms with Crippen molar-refractivity contribution in [2.45, 2.75) is 25.7 Å². The van der Waals surface area contributed by atoms with E-state index in [0.717, 1.165) is 32.4 Å². The van der Waals surface area contributed by atoms with Crippen molar-refractivity contribution in [1.29, 1.82) is 0 Å². The Balaban J connectivity index is 2.21. The zero-order valence-corrected chi connectivity index (χ0v) is 12.1. The summed E-state index contributed by atoms with van der Waals surface area (Å²) >= 11 is 0. The van der Waals surface area contributed by atoms with Crippen LogP contribution in [-0.4, -0.2) is 42.7 Å². The molecule has 0 saturated carbocycles. The van der Waals surface area contributed by atoms with Crippen molar-refractivity contribution in [2.24, 2.45) is 0 Å². The molecule has 0 aromatic heterocycles. The molecule has 20 heavy (non-hydrogen) atoms. The van der Waals surface area contributed by atoms with Gasteiger partial charge in [-0.2, -0.15) is 0 Å². The molecule has 1 aromatic rings. The summed E-state index contributed by atoms with van der Waals surface area (Å²) in [5.74, 6) is -0.0230. The highest BCUT2D eigenvalue weighted by atomic mass is 16.2. The van der Waals surface area contributed by atoms with Crippen molar-refractivity contribution in [1.82, 2.24) is 4.90 Å². The van der Waals surface area contributed by atoms with E-state index in [9.17, 15) is 4.79 Å². The van der Waals surface area contributed by atoms with Crippen LogP contribution in [0.2, 0.25) is 0 Å². The number of anilines is 2. The van der Waals surface area contributed by atoms with Crippen LogP contribution in [-0.2, 0) is 4.79 Å². The first-order valence-electron chi connectivity index (χ1n) is 7.07. The van der Waals surface area contributed by atoms with E-state index < -0.39 is 0 Å². The van der Waals surface area contributed by atoms with E-state index in [1.165, 1.54) is 0 Å². The minimum atomic E-state index is -0.0230. The van der Waals surface area contributed by atoms with Crippen LogP contribution in [0.1, 0.15) is 25.7 Å². The van der Waals surface area contributed by atoms with Crippen molar-refractivity contribution in [2.75, 3.05) is 37.8 Å². The number of aliphatic hydroxyl groups is 1. The number of para-hydroxylation sites is 2. The summed E-state index contributed by atoms with van der Waals surface area (Å²) in [4.78, 5) is 13.9. The van der Waals surface area contributed by atoms with Crippen LogP contribution in [0.4, 0.5) is 11.4 Å². The van der Waals surface area contributed by atoms with E-state index in [1.54, 1.807) is 12.1 Å². The van der Waals surface area contributed by atoms with Crippen molar-refractivity contribution < 1.29 is 9.90 Å². The number of carbonyl (C=O) groups is 1. The van der Waals surface area contributed by atoms with E-state index in [-0.39, 0.29) is 12.5 Å². The number of carbonyl (C=O) groups excluding carboxylic acids is 1. The molecule has 0 aliphatic rings. The average Bonchev–Trinajstić information content (AvgIpc) is 2.44. The van der Waals surface area contributed by atoms with E-state index in [2.05, 4.69) is 10.2 Å². The predicted octanol–water partition coefficient (Wildman–Crippen LogP) is 1.69. The SMILES string of the molecule is CN(CCCCCO)CCC(=O)Nc1ccccc1N. The van der Waals surface area contributed by atoms with Crippen LogP contribution >= 0.6 is 0 Å². The molecule has 0 saturated heterocycles. The summed E-state index contributed by atoms with van der Waals surface area (Å²) < 4.78 is 0. The van der Waals surface area contributed by atoms with Crippen LogP contribution in [0, 0.1) is 0 Å². The van der Waals surface area contributed by atoms with Crippen LogP contribution in [0.5, 0.6) is 0 Å². The van der Waals surface area contributed by atoms with Crippen LogP contribution in [0.25, 0.3) is 0 Å². The highest BCUT2D eigenvalue weighted by Crippen LogP contribution is 2.16. The Bertz CT molecular complexity index is 410. The molecule has 0 fully saturated rings. The lowest BCUT2D eigenvalue weighted by molar-refractivity contribution is -0.116. The highest BCUT2D eigenvalue weighted by Gasteiger charge is 2.06. The number of benzene rings is 1. The standard InChI is InChI=1S/C15H25N3O2/c1-18(10-5-2-6-12-19)11-9-15(20)17-14-8-4-3-7-13(14)16/h3-4,7-8,19H,2,5-6,9-12,16H2,1H3,(H,17,20). The van der Waals surface area contributed by atoms with Crippen molar-refractivity contribution in [3.63, 3.8) is 0 Å². The molecule has 0 bridgehead atoms. The summed E-state index contributed by atoms with van der Waals surface area (Å²) in [6, 6.07) is 7.25. The first-order valence-corrected chi connectivity index (χ1v) is 7.07. The van der Waals surface area contributed by atoms with Gasteiger partial charge in [-0.25, -0.2) is 0 Å². The molecule has 112 valence electrons. The van der Waals surface area contributed by atoms with Gasteiger partial charge in [-0.3, -0.25) is 4.79 Å². The maximum atomic E-state index is 11.8. The first-order chi connectivity index (χ1) is 9.63. The van der Waals surface area contributed by atoms with Crippen molar-refractivity contribution >= 4 is 17.3 Å². The second-order valence-corrected chi connectivity index (χ2v) is 4.97. The minimum Gasteiger partial charge on any atom is -0.397 e. The lowest BCUT2D eigenvalue weighted by Crippen LogP contribution is -2.25. The van der Waals surface area contributed by atoms with Crippen molar-refractivity contribution in [3.8, 4) is 0 Å². The number of nitrogens with two attached hydrogens (primary N) is 1. The topological polar surface area (TPSA) is 78.6 Å². The second kappa shape index (κ2) is 9.34. The molecule has 0 spiro atoms. The van der Waals surface area contributed by atoms with Gasteiger partial charge in [-0.15, -0.1) is 0 Å². The maximum absolute atomic E-state index is 11.8. The molecule has 1 rings (SSSR count). The molecule has 0 radical (unpaired) electrons. The fraction of sp³-hybridized carbons (Fsp3) is 0.533. The third kappa shape index (κ3) is 6.54. The summed E-state index contributed by atoms with van der Waals surface area (Å²) in [6.45, 7) is 1.92. The molecule has 0 heterocycles. The Morgan fingerprint density at radius 1 is 1.25 bits per heavy atom. The molecular weight excluding hydrogens is 254 g/mol. The number of aliphatic hydroxyl groups excluding tert-OH is 1. The van der Waals surface area contributed by atoms with E-state index in [0.29, 0.717) is 17.8 Å². The fourth-order valence-corrected chi connectivity index (χ4v) is 1.90. The molecule has 4 N–H and O–H groups in total. The summed E-state index contributed by atoms with van der Waals surface area (Å²) in [7, 11) is 2.00. The molecule has 1 amide bonds. The Kier molecular flexibility index (Phi) is 7.69. The quantitative estimate of drug-likeness (QED) is 0.475. The lowest BCUT2D eigenvalue weighted by atomic mass is 10.2. The zero-order chi connectivity index (χ0) is 14.8. The summed E-state index contributed by atoms with van der Waals surface area (Å²) in [5.41, 5.74) is 7.02. The van der Waals surface area contributed by atoms with E-state index in [4.69, 9.17) is 10.8 Å².